The normalized spacial score (nSPS) is 15.5. The molecule has 3 rings (SSSR count). The number of aromatic nitrogens is 4. The fourth-order valence-electron chi connectivity index (χ4n) is 2.52. The van der Waals surface area contributed by atoms with Crippen LogP contribution in [0.15, 0.2) is 22.2 Å². The molecule has 112 valence electrons. The Morgan fingerprint density at radius 3 is 2.86 bits per heavy atom. The average Bonchev–Trinajstić information content (AvgIpc) is 3.12. The van der Waals surface area contributed by atoms with Gasteiger partial charge in [0.05, 0.1) is 13.2 Å². The lowest BCUT2D eigenvalue weighted by molar-refractivity contribution is 0.385. The predicted molar refractivity (Wildman–Crippen MR) is 76.8 cm³/mol. The van der Waals surface area contributed by atoms with Crippen molar-refractivity contribution in [3.8, 4) is 5.75 Å². The zero-order valence-electron chi connectivity index (χ0n) is 11.6. The molecule has 0 atom stereocenters. The first-order valence-corrected chi connectivity index (χ1v) is 7.59. The smallest absolute Gasteiger partial charge is 0.214 e. The van der Waals surface area contributed by atoms with Crippen molar-refractivity contribution in [1.29, 1.82) is 0 Å². The highest BCUT2D eigenvalue weighted by atomic mass is 32.2. The number of benzene rings is 1. The fourth-order valence-corrected chi connectivity index (χ4v) is 3.42. The number of nitrogens with two attached hydrogens (primary N) is 1. The monoisotopic (exact) mass is 309 g/mol. The first-order chi connectivity index (χ1) is 10.2. The summed E-state index contributed by atoms with van der Waals surface area (Å²) in [5.41, 5.74) is 6.22. The van der Waals surface area contributed by atoms with Crippen LogP contribution < -0.4 is 10.5 Å². The number of nitrogen functional groups attached to an aromatic ring is 1. The molecule has 1 aliphatic rings. The van der Waals surface area contributed by atoms with E-state index in [0.29, 0.717) is 21.8 Å². The summed E-state index contributed by atoms with van der Waals surface area (Å²) in [4.78, 5) is 0.683. The highest BCUT2D eigenvalue weighted by Crippen LogP contribution is 2.37. The number of ether oxygens (including phenoxy) is 1. The van der Waals surface area contributed by atoms with Crippen LogP contribution in [0.25, 0.3) is 0 Å². The second-order valence-electron chi connectivity index (χ2n) is 4.97. The van der Waals surface area contributed by atoms with Gasteiger partial charge in [-0.05, 0) is 41.1 Å². The molecule has 8 heteroatoms. The molecule has 1 fully saturated rings. The molecule has 2 aromatic rings. The third kappa shape index (κ3) is 2.80. The van der Waals surface area contributed by atoms with Crippen molar-refractivity contribution in [2.24, 2.45) is 0 Å². The summed E-state index contributed by atoms with van der Waals surface area (Å²) >= 11 is 1.33. The Morgan fingerprint density at radius 2 is 2.14 bits per heavy atom. The van der Waals surface area contributed by atoms with Crippen molar-refractivity contribution >= 4 is 17.4 Å². The minimum atomic E-state index is -0.477. The fraction of sp³-hybridized carbons (Fsp3) is 0.462. The van der Waals surface area contributed by atoms with E-state index in [1.54, 1.807) is 6.07 Å². The van der Waals surface area contributed by atoms with Crippen LogP contribution in [0.3, 0.4) is 0 Å². The molecule has 0 bridgehead atoms. The quantitative estimate of drug-likeness (QED) is 0.875. The summed E-state index contributed by atoms with van der Waals surface area (Å²) < 4.78 is 20.4. The van der Waals surface area contributed by atoms with E-state index < -0.39 is 5.82 Å². The van der Waals surface area contributed by atoms with Gasteiger partial charge in [-0.1, -0.05) is 12.8 Å². The topological polar surface area (TPSA) is 78.9 Å². The molecule has 0 radical (unpaired) electrons. The summed E-state index contributed by atoms with van der Waals surface area (Å²) in [7, 11) is 1.42. The molecule has 1 aliphatic carbocycles. The van der Waals surface area contributed by atoms with Gasteiger partial charge < -0.3 is 10.5 Å². The zero-order chi connectivity index (χ0) is 14.8. The van der Waals surface area contributed by atoms with E-state index in [9.17, 15) is 4.39 Å². The van der Waals surface area contributed by atoms with Gasteiger partial charge >= 0.3 is 0 Å². The van der Waals surface area contributed by atoms with Crippen molar-refractivity contribution in [2.45, 2.75) is 41.8 Å². The maximum Gasteiger partial charge on any atom is 0.214 e. The molecule has 0 saturated heterocycles. The van der Waals surface area contributed by atoms with Crippen molar-refractivity contribution in [3.63, 3.8) is 0 Å². The van der Waals surface area contributed by atoms with Gasteiger partial charge in [0.15, 0.2) is 11.6 Å². The third-order valence-electron chi connectivity index (χ3n) is 3.62. The minimum absolute atomic E-state index is 0.159. The number of anilines is 1. The molecule has 0 unspecified atom stereocenters. The summed E-state index contributed by atoms with van der Waals surface area (Å²) in [6.07, 6.45) is 4.56. The maximum absolute atomic E-state index is 13.6. The molecule has 0 spiro atoms. The lowest BCUT2D eigenvalue weighted by Crippen LogP contribution is -2.08. The molecule has 0 amide bonds. The molecular formula is C13H16FN5OS. The van der Waals surface area contributed by atoms with Crippen LogP contribution in [0, 0.1) is 5.82 Å². The summed E-state index contributed by atoms with van der Waals surface area (Å²) in [6, 6.07) is 3.17. The maximum atomic E-state index is 13.6. The first-order valence-electron chi connectivity index (χ1n) is 6.77. The van der Waals surface area contributed by atoms with E-state index in [4.69, 9.17) is 10.5 Å². The van der Waals surface area contributed by atoms with Crippen molar-refractivity contribution in [1.82, 2.24) is 20.2 Å². The van der Waals surface area contributed by atoms with Crippen LogP contribution >= 0.6 is 11.8 Å². The van der Waals surface area contributed by atoms with Crippen molar-refractivity contribution < 1.29 is 9.13 Å². The van der Waals surface area contributed by atoms with Gasteiger partial charge in [0.2, 0.25) is 5.16 Å². The number of tetrazole rings is 1. The highest BCUT2D eigenvalue weighted by Gasteiger charge is 2.22. The Morgan fingerprint density at radius 1 is 1.38 bits per heavy atom. The van der Waals surface area contributed by atoms with Gasteiger partial charge in [-0.15, -0.1) is 5.10 Å². The molecule has 1 aromatic heterocycles. The van der Waals surface area contributed by atoms with Crippen molar-refractivity contribution in [3.05, 3.63) is 17.9 Å². The van der Waals surface area contributed by atoms with Gasteiger partial charge in [-0.2, -0.15) is 0 Å². The van der Waals surface area contributed by atoms with Gasteiger partial charge in [-0.25, -0.2) is 9.07 Å². The van der Waals surface area contributed by atoms with Crippen LogP contribution in [-0.4, -0.2) is 27.3 Å². The molecular weight excluding hydrogens is 293 g/mol. The van der Waals surface area contributed by atoms with Crippen molar-refractivity contribution in [2.75, 3.05) is 12.8 Å². The number of hydrogen-bond acceptors (Lipinski definition) is 6. The lowest BCUT2D eigenvalue weighted by Gasteiger charge is -2.12. The van der Waals surface area contributed by atoms with Crippen LogP contribution in [0.2, 0.25) is 0 Å². The summed E-state index contributed by atoms with van der Waals surface area (Å²) in [5, 5.41) is 12.5. The number of rotatable bonds is 4. The lowest BCUT2D eigenvalue weighted by atomic mass is 10.3. The van der Waals surface area contributed by atoms with E-state index in [2.05, 4.69) is 15.5 Å². The Kier molecular flexibility index (Phi) is 3.96. The third-order valence-corrected chi connectivity index (χ3v) is 4.64. The Bertz CT molecular complexity index is 641. The van der Waals surface area contributed by atoms with Gasteiger partial charge in [0, 0.05) is 16.6 Å². The first kappa shape index (κ1) is 14.1. The molecule has 2 N–H and O–H groups in total. The van der Waals surface area contributed by atoms with Crippen LogP contribution in [0.4, 0.5) is 10.1 Å². The standard InChI is InChI=1S/C13H16FN5OS/c1-20-11-7-12(10(15)6-9(11)14)21-13-16-17-18-19(13)8-4-2-3-5-8/h6-8H,2-5,15H2,1H3. The van der Waals surface area contributed by atoms with Gasteiger partial charge in [0.25, 0.3) is 0 Å². The van der Waals surface area contributed by atoms with Gasteiger partial charge in [-0.3, -0.25) is 0 Å². The number of methoxy groups -OCH3 is 1. The van der Waals surface area contributed by atoms with E-state index in [1.807, 2.05) is 4.68 Å². The average molecular weight is 309 g/mol. The number of hydrogen-bond donors (Lipinski definition) is 1. The second kappa shape index (κ2) is 5.88. The minimum Gasteiger partial charge on any atom is -0.494 e. The second-order valence-corrected chi connectivity index (χ2v) is 5.98. The summed E-state index contributed by atoms with van der Waals surface area (Å²) in [5.74, 6) is -0.318. The molecule has 0 aliphatic heterocycles. The number of halogens is 1. The molecule has 21 heavy (non-hydrogen) atoms. The van der Waals surface area contributed by atoms with Gasteiger partial charge in [0.1, 0.15) is 0 Å². The largest absolute Gasteiger partial charge is 0.494 e. The highest BCUT2D eigenvalue weighted by molar-refractivity contribution is 7.99. The van der Waals surface area contributed by atoms with Crippen LogP contribution in [-0.2, 0) is 0 Å². The van der Waals surface area contributed by atoms with E-state index in [0.717, 1.165) is 12.8 Å². The van der Waals surface area contributed by atoms with E-state index in [1.165, 1.54) is 37.8 Å². The Balaban J connectivity index is 1.89. The molecule has 6 nitrogen and oxygen atoms in total. The molecule has 1 heterocycles. The zero-order valence-corrected chi connectivity index (χ0v) is 12.4. The Labute approximate surface area is 125 Å². The predicted octanol–water partition coefficient (Wildman–Crippen LogP) is 2.67. The molecule has 1 saturated carbocycles. The van der Waals surface area contributed by atoms with E-state index >= 15 is 0 Å². The van der Waals surface area contributed by atoms with E-state index in [-0.39, 0.29) is 5.75 Å². The Hall–Kier alpha value is -1.83. The number of nitrogens with zero attached hydrogens (tertiary/aromatic N) is 4. The SMILES string of the molecule is COc1cc(Sc2nnnn2C2CCCC2)c(N)cc1F. The molecule has 1 aromatic carbocycles. The summed E-state index contributed by atoms with van der Waals surface area (Å²) in [6.45, 7) is 0. The van der Waals surface area contributed by atoms with Crippen LogP contribution in [0.5, 0.6) is 5.75 Å². The van der Waals surface area contributed by atoms with Crippen LogP contribution in [0.1, 0.15) is 31.7 Å².